The van der Waals surface area contributed by atoms with Crippen LogP contribution in [0.2, 0.25) is 0 Å². The van der Waals surface area contributed by atoms with E-state index in [9.17, 15) is 108 Å². The van der Waals surface area contributed by atoms with Crippen molar-refractivity contribution in [3.63, 3.8) is 0 Å². The molecule has 1 aliphatic carbocycles. The van der Waals surface area contributed by atoms with Gasteiger partial charge in [-0.25, -0.2) is 29.8 Å². The number of nitrogens with zero attached hydrogens (tertiary/aromatic N) is 6. The van der Waals surface area contributed by atoms with E-state index >= 15 is 4.79 Å². The maximum absolute atomic E-state index is 15.2. The van der Waals surface area contributed by atoms with Gasteiger partial charge in [-0.15, -0.1) is 0 Å². The lowest BCUT2D eigenvalue weighted by molar-refractivity contribution is -0.204. The molecule has 722 valence electrons. The molecular weight excluding hydrogens is 1800 g/mol. The minimum atomic E-state index is -2.74. The number of ether oxygens (including phenoxy) is 3. The highest BCUT2D eigenvalue weighted by Gasteiger charge is 2.79. The summed E-state index contributed by atoms with van der Waals surface area (Å²) in [7, 11) is 6.16. The Labute approximate surface area is 772 Å². The van der Waals surface area contributed by atoms with Crippen molar-refractivity contribution in [3.05, 3.63) is 123 Å². The van der Waals surface area contributed by atoms with E-state index in [1.807, 2.05) is 61.6 Å². The molecule has 4 aliphatic heterocycles. The standard InChI is InChI=1S/C85H109N21O26S2/c1-6-82(128)23-11-27-105(41-82)29-22-46-45-13-8-9-14-49(45)94-63(46)62(74(124)131-5)47-33-48-56(37-57(47)130-4)104(3)76-84(48)25-30-106-28-12-24-83(7-2,75(84)106)77(125)85(76,129)78(126)102-103-81(127)132-31-32-133-134-40-55(73(122)123)99-70(118)54(36-61(112)113)98-69(117)53(35-60(110)111)97-67(115)50(15-10-26-89-79(86)87)95-68(116)52(34-59(108)109)93-58(107)21-20-51(72(120)121)96-66(114)42-16-18-43(19-17-42)90-38-44-39-91-65-64(92-44)71(119)101-80(88)100-65/h8-9,12-14,16-19,24,33,37,39,50-55,62,75-77,90,94,125,128-129H,6-7,10-11,15,20-23,25-32,34-36,38,40-41H2,1-5H3,(H,93,107)(H,95,116)(H,96,114)(H,97,115)(H,98,117)(H,99,118)(H,102,126)(H,103,127)(H,108,109)(H,110,111)(H,112,113)(H,120,121)(H,122,123)(H4,86,87,89)(H3,88,91,100,101,119)/t50-,51-,52-,53-,54-,55-,62-,75-,76+,77+,82?,83+,84+,85-/m0/s1. The molecule has 1 spiro atoms. The SMILES string of the molecule is CCC1(O)CCCN(CCc2c([C@@H](C(=O)OC)c3cc4c(cc3OC)N(C)[C@H]3[C@@](O)(C(=O)NNC(=O)OCCSSC[C@H](NC(=O)[C@H](CC(=O)O)NC(=O)[C@H](CC(=O)O)NC(=O)[C@H](CCCNC(=N)N)NC(=O)[C@H](CC(=O)O)NC(=O)CC[C@H](NC(=O)c5ccc(NCc6cnc7nc(N)[nH]c(=O)c7n6)cc5)C(=O)O)C(=O)O)[C@H](O)[C@]5(CC)C=CCN6CC[C@]43[C@@H]65)[nH]c3ccccc23)C1. The summed E-state index contributed by atoms with van der Waals surface area (Å²) in [5, 5.41) is 114. The van der Waals surface area contributed by atoms with Crippen molar-refractivity contribution >= 4 is 150 Å². The zero-order valence-electron chi connectivity index (χ0n) is 73.6. The number of hydrazine groups is 1. The number of para-hydroxylation sites is 1. The Kier molecular flexibility index (Phi) is 33.1. The molecule has 47 nitrogen and oxygen atoms in total. The third-order valence-electron chi connectivity index (χ3n) is 24.9. The Morgan fingerprint density at radius 1 is 0.739 bits per heavy atom. The lowest BCUT2D eigenvalue weighted by Gasteiger charge is -2.63. The number of hydrogen-bond donors (Lipinski definition) is 23. The molecule has 5 aliphatic rings. The van der Waals surface area contributed by atoms with E-state index in [1.54, 1.807) is 18.0 Å². The Morgan fingerprint density at radius 3 is 2.02 bits per heavy atom. The zero-order chi connectivity index (χ0) is 97.4. The van der Waals surface area contributed by atoms with E-state index in [0.29, 0.717) is 85.8 Å². The molecule has 3 aromatic heterocycles. The van der Waals surface area contributed by atoms with Crippen LogP contribution in [-0.4, -0.2) is 309 Å². The third-order valence-corrected chi connectivity index (χ3v) is 27.3. The fourth-order valence-electron chi connectivity index (χ4n) is 18.6. The number of nitrogens with one attached hydrogen (secondary N) is 13. The second kappa shape index (κ2) is 43.9. The molecule has 3 fully saturated rings. The minimum Gasteiger partial charge on any atom is -0.496 e. The quantitative estimate of drug-likeness (QED) is 0.00401. The largest absolute Gasteiger partial charge is 0.496 e. The minimum absolute atomic E-state index is 0.0222. The first-order valence-corrected chi connectivity index (χ1v) is 45.5. The first kappa shape index (κ1) is 101. The van der Waals surface area contributed by atoms with Gasteiger partial charge in [-0.05, 0) is 118 Å². The monoisotopic (exact) mass is 1900 g/mol. The number of rotatable bonds is 45. The van der Waals surface area contributed by atoms with Gasteiger partial charge in [-0.2, -0.15) is 4.98 Å². The summed E-state index contributed by atoms with van der Waals surface area (Å²) in [6, 6.07) is 3.22. The number of likely N-dealkylation sites (N-methyl/N-ethyl adjacent to an activating group) is 1. The van der Waals surface area contributed by atoms with Gasteiger partial charge in [0, 0.05) is 113 Å². The predicted molar refractivity (Wildman–Crippen MR) is 481 cm³/mol. The topological polar surface area (TPSA) is 722 Å². The molecule has 7 heterocycles. The number of aliphatic hydroxyl groups is 3. The van der Waals surface area contributed by atoms with Crippen LogP contribution in [0.15, 0.2) is 83.8 Å². The number of carbonyl (C=O) groups excluding carboxylic acids is 9. The number of anilines is 3. The number of aromatic nitrogens is 5. The number of amides is 8. The maximum Gasteiger partial charge on any atom is 0.426 e. The molecule has 0 radical (unpaired) electrons. The van der Waals surface area contributed by atoms with Gasteiger partial charge in [0.05, 0.1) is 63.6 Å². The van der Waals surface area contributed by atoms with Crippen LogP contribution in [0.25, 0.3) is 22.1 Å². The van der Waals surface area contributed by atoms with Crippen molar-refractivity contribution in [1.29, 1.82) is 5.41 Å². The van der Waals surface area contributed by atoms with Crippen molar-refractivity contribution in [2.45, 2.75) is 181 Å². The molecule has 25 N–H and O–H groups in total. The molecule has 2 saturated heterocycles. The van der Waals surface area contributed by atoms with Gasteiger partial charge in [0.2, 0.25) is 35.5 Å². The Balaban J connectivity index is 0.688. The van der Waals surface area contributed by atoms with Gasteiger partial charge in [-0.1, -0.05) is 65.8 Å². The average molecular weight is 1910 g/mol. The van der Waals surface area contributed by atoms with E-state index in [0.717, 1.165) is 51.0 Å². The number of likely N-dealkylation sites (tertiary alicyclic amines) is 1. The molecule has 11 rings (SSSR count). The summed E-state index contributed by atoms with van der Waals surface area (Å²) in [6.07, 6.45) is -0.595. The number of hydrogen-bond acceptors (Lipinski definition) is 32. The number of nitrogen functional groups attached to an aromatic ring is 1. The highest BCUT2D eigenvalue weighted by atomic mass is 33.1. The van der Waals surface area contributed by atoms with Crippen molar-refractivity contribution < 1.29 is 122 Å². The number of aliphatic hydroxyl groups excluding tert-OH is 1. The number of fused-ring (bicyclic) bond motifs is 3. The molecule has 6 aromatic rings. The highest BCUT2D eigenvalue weighted by molar-refractivity contribution is 8.76. The second-order valence-electron chi connectivity index (χ2n) is 33.3. The molecule has 49 heteroatoms. The van der Waals surface area contributed by atoms with Crippen molar-refractivity contribution in [3.8, 4) is 5.75 Å². The van der Waals surface area contributed by atoms with Gasteiger partial charge >= 0.3 is 41.9 Å². The van der Waals surface area contributed by atoms with Crippen LogP contribution < -0.4 is 80.0 Å². The van der Waals surface area contributed by atoms with Crippen molar-refractivity contribution in [2.75, 3.05) is 94.6 Å². The number of carboxylic acid groups (broad SMARTS) is 5. The van der Waals surface area contributed by atoms with E-state index in [-0.39, 0.29) is 60.1 Å². The number of H-pyrrole nitrogens is 2. The van der Waals surface area contributed by atoms with Crippen LogP contribution in [0.1, 0.15) is 135 Å². The van der Waals surface area contributed by atoms with Crippen LogP contribution >= 0.6 is 21.6 Å². The number of carboxylic acids is 5. The Morgan fingerprint density at radius 2 is 1.39 bits per heavy atom. The van der Waals surface area contributed by atoms with Crippen LogP contribution in [0.4, 0.5) is 22.1 Å². The number of piperidine rings is 1. The van der Waals surface area contributed by atoms with Gasteiger partial charge in [0.25, 0.3) is 17.4 Å². The van der Waals surface area contributed by atoms with E-state index in [2.05, 4.69) is 82.8 Å². The number of aromatic amines is 2. The average Bonchev–Trinajstić information content (AvgIpc) is 1.47. The summed E-state index contributed by atoms with van der Waals surface area (Å²) in [4.78, 5) is 224. The van der Waals surface area contributed by atoms with Crippen LogP contribution in [0.3, 0.4) is 0 Å². The Hall–Kier alpha value is -13.5. The summed E-state index contributed by atoms with van der Waals surface area (Å²) in [6.45, 7) is 6.05. The molecule has 1 saturated carbocycles. The maximum atomic E-state index is 15.2. The molecule has 134 heavy (non-hydrogen) atoms. The fourth-order valence-corrected chi connectivity index (χ4v) is 20.6. The molecule has 0 bridgehead atoms. The number of esters is 1. The number of benzene rings is 3. The summed E-state index contributed by atoms with van der Waals surface area (Å²) >= 11 is 0. The van der Waals surface area contributed by atoms with Gasteiger partial charge in [0.15, 0.2) is 22.7 Å². The summed E-state index contributed by atoms with van der Waals surface area (Å²) in [5.74, 6) is -20.2. The molecule has 1 unspecified atom stereocenters. The van der Waals surface area contributed by atoms with Gasteiger partial charge in [0.1, 0.15) is 60.6 Å². The molecule has 3 aromatic carbocycles. The zero-order valence-corrected chi connectivity index (χ0v) is 75.3. The lowest BCUT2D eigenvalue weighted by atomic mass is 9.47. The van der Waals surface area contributed by atoms with E-state index < -0.39 is 228 Å². The molecular formula is C85H109N21O26S2. The van der Waals surface area contributed by atoms with Crippen LogP contribution in [0, 0.1) is 10.8 Å². The number of nitrogens with two attached hydrogens (primary N) is 2. The van der Waals surface area contributed by atoms with Crippen molar-refractivity contribution in [1.82, 2.24) is 82.8 Å². The molecule has 8 amide bonds. The third kappa shape index (κ3) is 22.9. The number of carbonyl (C=O) groups is 14. The van der Waals surface area contributed by atoms with Crippen molar-refractivity contribution in [2.24, 2.45) is 11.1 Å². The molecule has 14 atom stereocenters. The number of β-amino-alcohol motifs (C(OH)–C–C–N with tert-alkyl or cyclic N) is 1. The van der Waals surface area contributed by atoms with Crippen LogP contribution in [-0.2, 0) is 85.4 Å². The first-order chi connectivity index (χ1) is 63.7. The first-order valence-electron chi connectivity index (χ1n) is 43.0. The fraction of sp³-hybridized carbons (Fsp3) is 0.494. The summed E-state index contributed by atoms with van der Waals surface area (Å²) in [5.41, 5.74) is 13.3. The van der Waals surface area contributed by atoms with E-state index in [4.69, 9.17) is 31.1 Å². The second-order valence-corrected chi connectivity index (χ2v) is 35.9. The number of aliphatic carboxylic acids is 5. The smallest absolute Gasteiger partial charge is 0.426 e. The highest BCUT2D eigenvalue weighted by Crippen LogP contribution is 2.67. The lowest BCUT2D eigenvalue weighted by Crippen LogP contribution is -2.82. The summed E-state index contributed by atoms with van der Waals surface area (Å²) < 4.78 is 17.2. The van der Waals surface area contributed by atoms with E-state index in [1.165, 1.54) is 44.7 Å². The Bertz CT molecular complexity index is 5580. The predicted octanol–water partition coefficient (Wildman–Crippen LogP) is -1.32. The number of methoxy groups -OCH3 is 2. The van der Waals surface area contributed by atoms with Gasteiger partial charge < -0.3 is 124 Å². The van der Waals surface area contributed by atoms with Gasteiger partial charge in [-0.3, -0.25) is 78.3 Å². The normalized spacial score (nSPS) is 21.4. The van der Waals surface area contributed by atoms with Crippen LogP contribution in [0.5, 0.6) is 5.75 Å². The number of guanidine groups is 1.